The van der Waals surface area contributed by atoms with Crippen LogP contribution in [0.1, 0.15) is 39.0 Å². The van der Waals surface area contributed by atoms with Crippen molar-refractivity contribution in [3.63, 3.8) is 0 Å². The first-order valence-electron chi connectivity index (χ1n) is 7.18. The lowest BCUT2D eigenvalue weighted by Crippen LogP contribution is -2.10. The summed E-state index contributed by atoms with van der Waals surface area (Å²) in [6.45, 7) is 2.15. The molecule has 21 heavy (non-hydrogen) atoms. The zero-order valence-corrected chi connectivity index (χ0v) is 13.3. The van der Waals surface area contributed by atoms with Gasteiger partial charge < -0.3 is 15.8 Å². The minimum atomic E-state index is 0.0112. The number of methoxy groups -OCH3 is 1. The number of carbonyl (C=O) groups is 1. The van der Waals surface area contributed by atoms with Crippen molar-refractivity contribution in [3.05, 3.63) is 12.1 Å². The summed E-state index contributed by atoms with van der Waals surface area (Å²) < 4.78 is 6.18. The fourth-order valence-corrected chi connectivity index (χ4v) is 3.07. The Hall–Kier alpha value is -1.82. The number of hydrogen-bond acceptors (Lipinski definition) is 5. The summed E-state index contributed by atoms with van der Waals surface area (Å²) in [5, 5.41) is 3.44. The maximum absolute atomic E-state index is 11.9. The van der Waals surface area contributed by atoms with Gasteiger partial charge in [0.05, 0.1) is 11.8 Å². The molecule has 114 valence electrons. The molecule has 0 aliphatic heterocycles. The lowest BCUT2D eigenvalue weighted by atomic mass is 10.1. The Morgan fingerprint density at radius 2 is 2.19 bits per heavy atom. The number of unbranched alkanes of at least 4 members (excludes halogenated alkanes) is 3. The molecule has 0 aliphatic rings. The Morgan fingerprint density at radius 3 is 2.90 bits per heavy atom. The van der Waals surface area contributed by atoms with Gasteiger partial charge in [0, 0.05) is 18.2 Å². The number of aromatic nitrogens is 1. The molecule has 2 aromatic rings. The van der Waals surface area contributed by atoms with Gasteiger partial charge >= 0.3 is 0 Å². The van der Waals surface area contributed by atoms with Gasteiger partial charge in [-0.2, -0.15) is 0 Å². The maximum atomic E-state index is 11.9. The molecule has 1 aromatic heterocycles. The Kier molecular flexibility index (Phi) is 5.38. The number of nitrogen functional groups attached to an aromatic ring is 1. The number of nitrogens with one attached hydrogen (secondary N) is 1. The maximum Gasteiger partial charge on any atom is 0.226 e. The van der Waals surface area contributed by atoms with Crippen molar-refractivity contribution in [2.45, 2.75) is 39.0 Å². The van der Waals surface area contributed by atoms with Crippen molar-refractivity contribution >= 4 is 38.3 Å². The molecular formula is C15H21N3O2S. The number of amides is 1. The van der Waals surface area contributed by atoms with Crippen molar-refractivity contribution < 1.29 is 9.53 Å². The molecule has 0 bridgehead atoms. The Balaban J connectivity index is 2.04. The van der Waals surface area contributed by atoms with Gasteiger partial charge in [-0.15, -0.1) is 0 Å². The fraction of sp³-hybridized carbons (Fsp3) is 0.467. The molecule has 0 unspecified atom stereocenters. The molecule has 5 nitrogen and oxygen atoms in total. The second-order valence-corrected chi connectivity index (χ2v) is 5.98. The summed E-state index contributed by atoms with van der Waals surface area (Å²) in [6.07, 6.45) is 4.88. The lowest BCUT2D eigenvalue weighted by Gasteiger charge is -2.01. The number of nitrogens with two attached hydrogens (primary N) is 1. The van der Waals surface area contributed by atoms with Gasteiger partial charge in [-0.05, 0) is 12.5 Å². The molecule has 3 N–H and O–H groups in total. The molecule has 0 fully saturated rings. The first-order valence-corrected chi connectivity index (χ1v) is 7.99. The van der Waals surface area contributed by atoms with Gasteiger partial charge in [-0.25, -0.2) is 4.98 Å². The van der Waals surface area contributed by atoms with Gasteiger partial charge in [-0.3, -0.25) is 4.79 Å². The monoisotopic (exact) mass is 307 g/mol. The molecule has 1 aromatic carbocycles. The van der Waals surface area contributed by atoms with E-state index < -0.39 is 0 Å². The summed E-state index contributed by atoms with van der Waals surface area (Å²) in [5.74, 6) is 0.641. The number of nitrogens with zero attached hydrogens (tertiary/aromatic N) is 1. The van der Waals surface area contributed by atoms with Crippen LogP contribution in [-0.2, 0) is 4.79 Å². The molecule has 2 rings (SSSR count). The van der Waals surface area contributed by atoms with Crippen LogP contribution in [-0.4, -0.2) is 18.0 Å². The second-order valence-electron chi connectivity index (χ2n) is 4.95. The first-order chi connectivity index (χ1) is 10.1. The van der Waals surface area contributed by atoms with Gasteiger partial charge in [0.25, 0.3) is 0 Å². The molecule has 0 radical (unpaired) electrons. The zero-order chi connectivity index (χ0) is 15.2. The van der Waals surface area contributed by atoms with Crippen molar-refractivity contribution in [2.75, 3.05) is 18.2 Å². The number of hydrogen-bond donors (Lipinski definition) is 2. The number of rotatable bonds is 7. The molecule has 0 saturated carbocycles. The SMILES string of the molecule is CCCCCCC(=O)Nc1nc2c(OC)cc(N)cc2s1. The minimum Gasteiger partial charge on any atom is -0.494 e. The van der Waals surface area contributed by atoms with Crippen molar-refractivity contribution in [1.29, 1.82) is 0 Å². The van der Waals surface area contributed by atoms with E-state index in [1.165, 1.54) is 24.2 Å². The molecule has 0 spiro atoms. The predicted molar refractivity (Wildman–Crippen MR) is 88.0 cm³/mol. The molecule has 0 aliphatic carbocycles. The summed E-state index contributed by atoms with van der Waals surface area (Å²) in [7, 11) is 1.58. The lowest BCUT2D eigenvalue weighted by molar-refractivity contribution is -0.116. The Labute approximate surface area is 128 Å². The number of ether oxygens (including phenoxy) is 1. The second kappa shape index (κ2) is 7.26. The highest BCUT2D eigenvalue weighted by atomic mass is 32.1. The smallest absolute Gasteiger partial charge is 0.226 e. The molecular weight excluding hydrogens is 286 g/mol. The summed E-state index contributed by atoms with van der Waals surface area (Å²) in [5.41, 5.74) is 7.18. The van der Waals surface area contributed by atoms with E-state index in [1.807, 2.05) is 6.07 Å². The summed E-state index contributed by atoms with van der Waals surface area (Å²) in [4.78, 5) is 16.3. The van der Waals surface area contributed by atoms with E-state index in [2.05, 4.69) is 17.2 Å². The Morgan fingerprint density at radius 1 is 1.38 bits per heavy atom. The van der Waals surface area contributed by atoms with Crippen molar-refractivity contribution in [1.82, 2.24) is 4.98 Å². The van der Waals surface area contributed by atoms with E-state index in [-0.39, 0.29) is 5.91 Å². The summed E-state index contributed by atoms with van der Waals surface area (Å²) >= 11 is 1.41. The third kappa shape index (κ3) is 4.07. The van der Waals surface area contributed by atoms with E-state index in [4.69, 9.17) is 10.5 Å². The molecule has 0 saturated heterocycles. The quantitative estimate of drug-likeness (QED) is 0.602. The van der Waals surface area contributed by atoms with Crippen LogP contribution in [0.5, 0.6) is 5.75 Å². The van der Waals surface area contributed by atoms with Crippen LogP contribution in [0.25, 0.3) is 10.2 Å². The van der Waals surface area contributed by atoms with E-state index in [9.17, 15) is 4.79 Å². The van der Waals surface area contributed by atoms with Gasteiger partial charge in [0.2, 0.25) is 5.91 Å². The zero-order valence-electron chi connectivity index (χ0n) is 12.4. The van der Waals surface area contributed by atoms with Crippen LogP contribution in [0.2, 0.25) is 0 Å². The van der Waals surface area contributed by atoms with Crippen LogP contribution < -0.4 is 15.8 Å². The van der Waals surface area contributed by atoms with Gasteiger partial charge in [-0.1, -0.05) is 37.5 Å². The third-order valence-electron chi connectivity index (χ3n) is 3.21. The van der Waals surface area contributed by atoms with Crippen molar-refractivity contribution in [2.24, 2.45) is 0 Å². The topological polar surface area (TPSA) is 77.2 Å². The number of anilines is 2. The van der Waals surface area contributed by atoms with Crippen LogP contribution >= 0.6 is 11.3 Å². The summed E-state index contributed by atoms with van der Waals surface area (Å²) in [6, 6.07) is 3.57. The van der Waals surface area contributed by atoms with E-state index in [1.54, 1.807) is 13.2 Å². The van der Waals surface area contributed by atoms with Crippen LogP contribution in [0, 0.1) is 0 Å². The number of benzene rings is 1. The molecule has 1 amide bonds. The molecule has 0 atom stereocenters. The number of fused-ring (bicyclic) bond motifs is 1. The van der Waals surface area contributed by atoms with E-state index in [0.717, 1.165) is 23.1 Å². The van der Waals surface area contributed by atoms with Crippen molar-refractivity contribution in [3.8, 4) is 5.75 Å². The number of carbonyl (C=O) groups excluding carboxylic acids is 1. The molecule has 1 heterocycles. The highest BCUT2D eigenvalue weighted by molar-refractivity contribution is 7.22. The average Bonchev–Trinajstić information content (AvgIpc) is 2.84. The largest absolute Gasteiger partial charge is 0.494 e. The average molecular weight is 307 g/mol. The third-order valence-corrected chi connectivity index (χ3v) is 4.12. The minimum absolute atomic E-state index is 0.0112. The van der Waals surface area contributed by atoms with E-state index >= 15 is 0 Å². The molecule has 6 heteroatoms. The first kappa shape index (κ1) is 15.6. The van der Waals surface area contributed by atoms with Crippen LogP contribution in [0.15, 0.2) is 12.1 Å². The standard InChI is InChI=1S/C15H21N3O2S/c1-3-4-5-6-7-13(19)17-15-18-14-11(20-2)8-10(16)9-12(14)21-15/h8-9H,3-7,16H2,1-2H3,(H,17,18,19). The normalized spacial score (nSPS) is 10.8. The predicted octanol–water partition coefficient (Wildman–Crippen LogP) is 3.80. The van der Waals surface area contributed by atoms with Gasteiger partial charge in [0.15, 0.2) is 5.13 Å². The highest BCUT2D eigenvalue weighted by Gasteiger charge is 2.12. The highest BCUT2D eigenvalue weighted by Crippen LogP contribution is 2.34. The fourth-order valence-electron chi connectivity index (χ4n) is 2.12. The van der Waals surface area contributed by atoms with E-state index in [0.29, 0.717) is 23.0 Å². The van der Waals surface area contributed by atoms with Gasteiger partial charge in [0.1, 0.15) is 11.3 Å². The Bertz CT molecular complexity index is 625. The van der Waals surface area contributed by atoms with Crippen LogP contribution in [0.3, 0.4) is 0 Å². The van der Waals surface area contributed by atoms with Crippen LogP contribution in [0.4, 0.5) is 10.8 Å². The number of thiazole rings is 1.